The fourth-order valence-electron chi connectivity index (χ4n) is 6.74. The van der Waals surface area contributed by atoms with Crippen LogP contribution in [0, 0.1) is 74.9 Å². The normalized spacial score (nSPS) is 9.96. The molecule has 13 rings (SSSR count). The number of nitriles is 3. The van der Waals surface area contributed by atoms with Crippen LogP contribution in [0.25, 0.3) is 61.3 Å². The number of nitrogens with zero attached hydrogens (tertiary/aromatic N) is 9. The largest absolute Gasteiger partial charge is 0.463 e. The van der Waals surface area contributed by atoms with E-state index in [1.54, 1.807) is 43.3 Å². The lowest BCUT2D eigenvalue weighted by Crippen LogP contribution is -2.10. The van der Waals surface area contributed by atoms with E-state index >= 15 is 0 Å². The van der Waals surface area contributed by atoms with E-state index in [0.717, 1.165) is 66.3 Å². The van der Waals surface area contributed by atoms with Crippen molar-refractivity contribution in [2.75, 3.05) is 30.4 Å². The number of anilines is 3. The van der Waals surface area contributed by atoms with E-state index < -0.39 is 5.97 Å². The summed E-state index contributed by atoms with van der Waals surface area (Å²) < 4.78 is 107. The Morgan fingerprint density at radius 3 is 1.32 bits per heavy atom. The molecule has 7 aromatic carbocycles. The van der Waals surface area contributed by atoms with Crippen molar-refractivity contribution >= 4 is 286 Å². The van der Waals surface area contributed by atoms with Gasteiger partial charge in [-0.1, -0.05) is 68.2 Å². The summed E-state index contributed by atoms with van der Waals surface area (Å²) in [5.41, 5.74) is 21.2. The number of esters is 1. The highest BCUT2D eigenvalue weighted by molar-refractivity contribution is 9.11. The maximum Gasteiger partial charge on any atom is 0.345 e. The molecule has 6 aromatic heterocycles. The first kappa shape index (κ1) is 85.7. The smallest absolute Gasteiger partial charge is 0.345 e. The second kappa shape index (κ2) is 41.3. The third-order valence-corrected chi connectivity index (χ3v) is 22.4. The monoisotopic (exact) mass is 1930 g/mol. The first-order valence-electron chi connectivity index (χ1n) is 25.0. The highest BCUT2D eigenvalue weighted by atomic mass is 79.9. The zero-order valence-electron chi connectivity index (χ0n) is 46.5. The molecule has 37 heteroatoms. The van der Waals surface area contributed by atoms with Crippen LogP contribution in [0.4, 0.5) is 46.7 Å². The summed E-state index contributed by atoms with van der Waals surface area (Å²) in [6.07, 6.45) is 1.90. The van der Waals surface area contributed by atoms with E-state index in [2.05, 4.69) is 151 Å². The van der Waals surface area contributed by atoms with Crippen molar-refractivity contribution in [3.8, 4) is 18.4 Å². The van der Waals surface area contributed by atoms with E-state index in [9.17, 15) is 35.5 Å². The fraction of sp³-hybridized carbons (Fsp3) is 0.133. The predicted octanol–water partition coefficient (Wildman–Crippen LogP) is 23.9. The average Bonchev–Trinajstić information content (AvgIpc) is 1.73. The third kappa shape index (κ3) is 25.2. The van der Waals surface area contributed by atoms with Gasteiger partial charge < -0.3 is 26.7 Å². The number of hydrogen-bond donors (Lipinski definition) is 3. The van der Waals surface area contributed by atoms with Gasteiger partial charge in [0.2, 0.25) is 0 Å². The van der Waals surface area contributed by atoms with Crippen LogP contribution in [0.3, 0.4) is 0 Å². The molecule has 6 heterocycles. The average molecular weight is 1940 g/mol. The number of nitrogen functional groups attached to an aromatic ring is 3. The lowest BCUT2D eigenvalue weighted by Gasteiger charge is -1.96. The van der Waals surface area contributed by atoms with Gasteiger partial charge in [0.25, 0.3) is 6.26 Å². The van der Waals surface area contributed by atoms with Gasteiger partial charge in [-0.2, -0.15) is 15.8 Å². The molecule has 510 valence electrons. The van der Waals surface area contributed by atoms with Gasteiger partial charge in [-0.25, -0.2) is 65.4 Å². The third-order valence-electron chi connectivity index (χ3n) is 10.7. The van der Waals surface area contributed by atoms with Crippen LogP contribution >= 0.6 is 203 Å². The van der Waals surface area contributed by atoms with Crippen molar-refractivity contribution in [3.05, 3.63) is 182 Å². The Bertz CT molecular complexity index is 4710. The van der Waals surface area contributed by atoms with Crippen LogP contribution in [0.5, 0.6) is 0 Å². The second-order valence-corrected chi connectivity index (χ2v) is 30.4. The van der Waals surface area contributed by atoms with Crippen molar-refractivity contribution in [2.24, 2.45) is 0 Å². The number of thiazole rings is 6. The summed E-state index contributed by atoms with van der Waals surface area (Å²) in [4.78, 5) is 34.7. The zero-order chi connectivity index (χ0) is 69.1. The van der Waals surface area contributed by atoms with E-state index in [0.29, 0.717) is 67.8 Å². The van der Waals surface area contributed by atoms with Crippen LogP contribution in [0.15, 0.2) is 122 Å². The summed E-state index contributed by atoms with van der Waals surface area (Å²) in [5, 5.41) is 27.1. The van der Waals surface area contributed by atoms with Gasteiger partial charge in [0.15, 0.2) is 25.8 Å². The maximum atomic E-state index is 13.1. The fourth-order valence-corrected chi connectivity index (χ4v) is 15.3. The molecule has 6 N–H and O–H groups in total. The summed E-state index contributed by atoms with van der Waals surface area (Å²) >= 11 is 40.8. The Hall–Kier alpha value is -5.53. The topological polar surface area (TPSA) is 262 Å². The molecule has 0 saturated carbocycles. The van der Waals surface area contributed by atoms with E-state index in [1.807, 2.05) is 12.1 Å². The van der Waals surface area contributed by atoms with Crippen molar-refractivity contribution in [1.82, 2.24) is 29.9 Å². The van der Waals surface area contributed by atoms with Crippen molar-refractivity contribution in [2.45, 2.75) is 42.0 Å². The molecular weight excluding hydrogens is 1890 g/mol. The number of fused-ring (bicyclic) bond motifs is 6. The minimum absolute atomic E-state index is 0. The van der Waals surface area contributed by atoms with Crippen molar-refractivity contribution < 1.29 is 45.0 Å². The minimum Gasteiger partial charge on any atom is -0.463 e. The number of aromatic nitrogens is 6. The minimum atomic E-state index is -0.515. The molecule has 0 saturated heterocycles. The number of rotatable bonds is 5. The molecule has 15 nitrogen and oxygen atoms in total. The summed E-state index contributed by atoms with van der Waals surface area (Å²) in [6.45, 7) is 1.71. The van der Waals surface area contributed by atoms with E-state index in [4.69, 9.17) is 56.2 Å². The van der Waals surface area contributed by atoms with Crippen LogP contribution in [0.2, 0.25) is 8.93 Å². The van der Waals surface area contributed by atoms with Gasteiger partial charge in [0, 0.05) is 5.69 Å². The zero-order valence-corrected chi connectivity index (χ0v) is 64.0. The Morgan fingerprint density at radius 2 is 0.835 bits per heavy atom. The van der Waals surface area contributed by atoms with Crippen LogP contribution in [0.1, 0.15) is 39.2 Å². The predicted molar refractivity (Wildman–Crippen MR) is 408 cm³/mol. The van der Waals surface area contributed by atoms with Gasteiger partial charge in [0.05, 0.1) is 124 Å². The molecule has 0 unspecified atom stereocenters. The number of carbonyl (C=O) groups excluding carboxylic acids is 1. The number of hydrogen-bond acceptors (Lipinski definition) is 21. The standard InChI is InChI=1S/2C9H4BrFN2S.2C7H2BrClFNS.2C7H4BrFN2S.C6H5BrFN.C5H7NO3.3CH4/c10-5-3-7-8(4-6(5)11)14-9(13-7)1-2-12;10-8-5(11)1-2-6-9(8)14-7(13-6)3-4-12;8-3-1-5-6(2-4(3)10)12-7(9)11-5;8-5-3(10)1-2-4-6(5)12-7(9)11-4;8-3-1-5-6(2-4(3)9)12-7(10)11-5;8-5-3(9)1-2-4-6(5)12-7(10)11-4;7-5-3-4(9)1-2-6(5)8;1-2-9-5(7)3-8-4-6;;;/h3-4H,1H2;1-2H,3H2;2*1-2H;2*1-2H,(H2,10,11);1-3H,9H2;2-3H2,1H3;3*1H4. The molecule has 0 bridgehead atoms. The van der Waals surface area contributed by atoms with Gasteiger partial charge in [-0.3, -0.25) is 0 Å². The first-order chi connectivity index (χ1) is 44.6. The molecule has 0 spiro atoms. The molecule has 0 fully saturated rings. The van der Waals surface area contributed by atoms with Crippen molar-refractivity contribution in [3.63, 3.8) is 0 Å². The van der Waals surface area contributed by atoms with Gasteiger partial charge in [-0.05, 0) is 209 Å². The highest BCUT2D eigenvalue weighted by Gasteiger charge is 2.14. The van der Waals surface area contributed by atoms with Crippen molar-refractivity contribution in [1.29, 1.82) is 15.8 Å². The number of carbonyl (C=O) groups is 1. The SMILES string of the molecule is C.C.C.CCOC(=O)COC#N.Fc1cc2sc(Cl)nc2cc1Br.Fc1ccc2nc(Cl)sc2c1Br.N#CCc1nc2cc(Br)c(F)cc2s1.N#CCc1nc2ccc(F)c(Br)c2s1.Nc1ccc(F)c(Br)c1.Nc1nc2cc(Br)c(F)cc2s1.Nc1nc2ccc(F)c(Br)c2s1. The van der Waals surface area contributed by atoms with E-state index in [-0.39, 0.29) is 82.4 Å². The molecule has 0 aliphatic carbocycles. The summed E-state index contributed by atoms with van der Waals surface area (Å²) in [6, 6.07) is 26.5. The number of nitrogens with two attached hydrogens (primary N) is 3. The number of halogens is 16. The van der Waals surface area contributed by atoms with E-state index in [1.165, 1.54) is 129 Å². The Balaban J connectivity index is 0.000000289. The van der Waals surface area contributed by atoms with Gasteiger partial charge >= 0.3 is 5.97 Å². The first-order valence-corrected chi connectivity index (χ1v) is 36.2. The molecule has 0 aliphatic rings. The van der Waals surface area contributed by atoms with Crippen LogP contribution in [-0.2, 0) is 27.1 Å². The van der Waals surface area contributed by atoms with Gasteiger partial charge in [-0.15, -0.1) is 45.3 Å². The second-order valence-electron chi connectivity index (χ2n) is 17.1. The number of benzene rings is 7. The molecular formula is C60H44Br7Cl2F7N12O3S6. The summed E-state index contributed by atoms with van der Waals surface area (Å²) in [5.74, 6) is -2.56. The maximum absolute atomic E-state index is 13.1. The highest BCUT2D eigenvalue weighted by Crippen LogP contribution is 2.36. The molecule has 13 aromatic rings. The molecule has 0 radical (unpaired) electrons. The molecule has 0 aliphatic heterocycles. The van der Waals surface area contributed by atoms with Gasteiger partial charge in [0.1, 0.15) is 50.7 Å². The molecule has 0 atom stereocenters. The van der Waals surface area contributed by atoms with Crippen LogP contribution in [-0.4, -0.2) is 49.1 Å². The number of ether oxygens (including phenoxy) is 2. The Morgan fingerprint density at radius 1 is 0.464 bits per heavy atom. The quantitative estimate of drug-likeness (QED) is 0.0626. The summed E-state index contributed by atoms with van der Waals surface area (Å²) in [7, 11) is 0. The molecule has 0 amide bonds. The molecule has 97 heavy (non-hydrogen) atoms. The lowest BCUT2D eigenvalue weighted by atomic mass is 10.3. The Kier molecular flexibility index (Phi) is 36.5. The lowest BCUT2D eigenvalue weighted by molar-refractivity contribution is -0.146. The Labute approximate surface area is 642 Å². The van der Waals surface area contributed by atoms with Crippen LogP contribution < -0.4 is 17.2 Å².